The van der Waals surface area contributed by atoms with Crippen LogP contribution in [0, 0.1) is 0 Å². The minimum atomic E-state index is -1.98. The number of unbranched alkanes of at least 4 members (excludes halogenated alkanes) is 9. The molecular formula is C47H74N10O16. The number of benzene rings is 1. The smallest absolute Gasteiger partial charge is 0.303 e. The highest BCUT2D eigenvalue weighted by atomic mass is 16.4. The van der Waals surface area contributed by atoms with Crippen LogP contribution < -0.4 is 54.0 Å². The maximum atomic E-state index is 14.1. The number of nitrogens with one attached hydrogen (secondary N) is 8. The van der Waals surface area contributed by atoms with Crippen molar-refractivity contribution in [2.75, 3.05) is 13.2 Å². The number of rotatable bonds is 23. The van der Waals surface area contributed by atoms with Gasteiger partial charge in [-0.2, -0.15) is 0 Å². The van der Waals surface area contributed by atoms with E-state index in [0.717, 1.165) is 58.3 Å². The Morgan fingerprint density at radius 3 is 1.48 bits per heavy atom. The van der Waals surface area contributed by atoms with Gasteiger partial charge in [0.05, 0.1) is 32.2 Å². The molecule has 0 spiro atoms. The molecule has 1 aromatic carbocycles. The highest BCUT2D eigenvalue weighted by Gasteiger charge is 2.36. The summed E-state index contributed by atoms with van der Waals surface area (Å²) in [6.07, 6.45) is 4.03. The topological polar surface area (TPSA) is 437 Å². The predicted molar refractivity (Wildman–Crippen MR) is 259 cm³/mol. The number of hydrogen-bond acceptors (Lipinski definition) is 15. The lowest BCUT2D eigenvalue weighted by molar-refractivity contribution is -0.139. The van der Waals surface area contributed by atoms with Gasteiger partial charge in [0.25, 0.3) is 0 Å². The van der Waals surface area contributed by atoms with Crippen LogP contribution in [-0.4, -0.2) is 158 Å². The Hall–Kier alpha value is -6.93. The third kappa shape index (κ3) is 23.9. The molecule has 73 heavy (non-hydrogen) atoms. The van der Waals surface area contributed by atoms with Crippen LogP contribution in [0.5, 0.6) is 5.75 Å². The largest absolute Gasteiger partial charge is 0.508 e. The van der Waals surface area contributed by atoms with Crippen molar-refractivity contribution in [1.29, 1.82) is 0 Å². The second kappa shape index (κ2) is 32.9. The van der Waals surface area contributed by atoms with Gasteiger partial charge in [-0.05, 0) is 37.5 Å². The van der Waals surface area contributed by atoms with Gasteiger partial charge in [-0.3, -0.25) is 52.7 Å². The fourth-order valence-corrected chi connectivity index (χ4v) is 7.71. The molecule has 0 saturated carbocycles. The Morgan fingerprint density at radius 1 is 0.562 bits per heavy atom. The van der Waals surface area contributed by atoms with Crippen molar-refractivity contribution in [2.24, 2.45) is 11.5 Å². The van der Waals surface area contributed by atoms with Crippen LogP contribution in [0.4, 0.5) is 0 Å². The summed E-state index contributed by atoms with van der Waals surface area (Å²) in [6.45, 7) is 0.947. The van der Waals surface area contributed by atoms with Crippen molar-refractivity contribution in [3.8, 4) is 5.75 Å². The molecule has 0 aliphatic carbocycles. The number of primary amides is 2. The van der Waals surface area contributed by atoms with Crippen LogP contribution in [-0.2, 0) is 59.2 Å². The minimum absolute atomic E-state index is 0.160. The molecule has 26 heteroatoms. The fraction of sp³-hybridized carbons (Fsp3) is 0.638. The molecule has 1 aliphatic rings. The first kappa shape index (κ1) is 62.2. The number of carbonyl (C=O) groups excluding carboxylic acids is 10. The molecule has 1 heterocycles. The van der Waals surface area contributed by atoms with E-state index in [9.17, 15) is 78.3 Å². The van der Waals surface area contributed by atoms with E-state index in [1.165, 1.54) is 24.3 Å². The Balaban J connectivity index is 2.69. The van der Waals surface area contributed by atoms with E-state index in [-0.39, 0.29) is 18.6 Å². The second-order valence-corrected chi connectivity index (χ2v) is 18.0. The molecule has 1 fully saturated rings. The number of amides is 10. The number of carboxylic acids is 1. The number of phenolic OH excluding ortho intramolecular Hbond substituents is 1. The average Bonchev–Trinajstić information content (AvgIpc) is 3.32. The van der Waals surface area contributed by atoms with Crippen LogP contribution in [0.15, 0.2) is 24.3 Å². The molecule has 0 aromatic heterocycles. The first-order valence-electron chi connectivity index (χ1n) is 24.5. The summed E-state index contributed by atoms with van der Waals surface area (Å²) >= 11 is 0. The molecule has 1 aromatic rings. The Kier molecular flexibility index (Phi) is 28.0. The zero-order valence-corrected chi connectivity index (χ0v) is 41.3. The molecule has 26 nitrogen and oxygen atoms in total. The van der Waals surface area contributed by atoms with Crippen molar-refractivity contribution < 1.29 is 78.3 Å². The summed E-state index contributed by atoms with van der Waals surface area (Å²) in [5, 5.41) is 68.6. The molecule has 2 rings (SSSR count). The number of aliphatic hydroxyl groups is 3. The van der Waals surface area contributed by atoms with Gasteiger partial charge in [0, 0.05) is 25.3 Å². The van der Waals surface area contributed by atoms with Crippen molar-refractivity contribution in [3.63, 3.8) is 0 Å². The Labute approximate surface area is 422 Å². The summed E-state index contributed by atoms with van der Waals surface area (Å²) in [5.41, 5.74) is 11.2. The van der Waals surface area contributed by atoms with E-state index in [0.29, 0.717) is 18.4 Å². The van der Waals surface area contributed by atoms with Gasteiger partial charge < -0.3 is 79.5 Å². The van der Waals surface area contributed by atoms with E-state index in [2.05, 4.69) is 49.5 Å². The van der Waals surface area contributed by atoms with E-state index in [4.69, 9.17) is 11.5 Å². The van der Waals surface area contributed by atoms with Crippen molar-refractivity contribution in [2.45, 2.75) is 177 Å². The van der Waals surface area contributed by atoms with Crippen LogP contribution in [0.2, 0.25) is 0 Å². The predicted octanol–water partition coefficient (Wildman–Crippen LogP) is -3.49. The summed E-state index contributed by atoms with van der Waals surface area (Å²) < 4.78 is 0. The summed E-state index contributed by atoms with van der Waals surface area (Å²) in [6, 6.07) is -8.61. The van der Waals surface area contributed by atoms with Gasteiger partial charge >= 0.3 is 5.97 Å². The lowest BCUT2D eigenvalue weighted by Gasteiger charge is -2.28. The normalized spacial score (nSPS) is 23.8. The number of aliphatic carboxylic acids is 1. The number of nitrogens with two attached hydrogens (primary N) is 2. The van der Waals surface area contributed by atoms with E-state index >= 15 is 0 Å². The van der Waals surface area contributed by atoms with Crippen LogP contribution in [0.25, 0.3) is 0 Å². The van der Waals surface area contributed by atoms with Gasteiger partial charge in [-0.15, -0.1) is 0 Å². The molecule has 408 valence electrons. The Bertz CT molecular complexity index is 2040. The molecule has 10 amide bonds. The van der Waals surface area contributed by atoms with E-state index in [1.807, 2.05) is 0 Å². The first-order valence-corrected chi connectivity index (χ1v) is 24.5. The molecule has 0 bridgehead atoms. The standard InChI is InChI=1S/C47H74N10O16/c1-3-4-5-6-7-8-9-10-11-12-13-28-21-38(64)51-32(22-36(48)62)43(69)53-31(20-27-14-16-29(61)17-15-27)42(68)54-33(23-37(49)63)44(70)56-34(24-58)45(71)52-30(18-19-39(65)66)41(67)55-35(25-59)46(72)57-40(26(2)60)47(73)50-28/h14-17,26,28,30-35,40,58-61H,3-13,18-25H2,1-2H3,(H2,48,62)(H2,49,63)(H,50,73)(H,51,64)(H,52,71)(H,53,69)(H,54,68)(H,55,67)(H,56,70)(H,57,72)(H,65,66)/t26-,28?,30?,31?,32+,33-,34+,35-,40?/m1/s1. The maximum absolute atomic E-state index is 14.1. The summed E-state index contributed by atoms with van der Waals surface area (Å²) in [4.78, 5) is 146. The third-order valence-electron chi connectivity index (χ3n) is 11.8. The quantitative estimate of drug-likeness (QED) is 0.0473. The molecule has 0 radical (unpaired) electrons. The highest BCUT2D eigenvalue weighted by Crippen LogP contribution is 2.15. The molecule has 1 saturated heterocycles. The summed E-state index contributed by atoms with van der Waals surface area (Å²) in [7, 11) is 0. The van der Waals surface area contributed by atoms with Crippen molar-refractivity contribution >= 4 is 65.0 Å². The second-order valence-electron chi connectivity index (χ2n) is 18.0. The molecule has 17 N–H and O–H groups in total. The lowest BCUT2D eigenvalue weighted by atomic mass is 10.0. The van der Waals surface area contributed by atoms with Crippen LogP contribution >= 0.6 is 0 Å². The van der Waals surface area contributed by atoms with Crippen molar-refractivity contribution in [1.82, 2.24) is 42.5 Å². The maximum Gasteiger partial charge on any atom is 0.303 e. The third-order valence-corrected chi connectivity index (χ3v) is 11.8. The number of aromatic hydroxyl groups is 1. The van der Waals surface area contributed by atoms with Gasteiger partial charge in [-0.1, -0.05) is 83.3 Å². The lowest BCUT2D eigenvalue weighted by Crippen LogP contribution is -2.62. The number of carbonyl (C=O) groups is 11. The van der Waals surface area contributed by atoms with Gasteiger partial charge in [0.1, 0.15) is 48.0 Å². The van der Waals surface area contributed by atoms with Crippen LogP contribution in [0.3, 0.4) is 0 Å². The number of phenols is 1. The van der Waals surface area contributed by atoms with Crippen molar-refractivity contribution in [3.05, 3.63) is 29.8 Å². The van der Waals surface area contributed by atoms with Crippen LogP contribution in [0.1, 0.15) is 122 Å². The Morgan fingerprint density at radius 2 is 0.986 bits per heavy atom. The monoisotopic (exact) mass is 1030 g/mol. The number of hydrogen-bond donors (Lipinski definition) is 15. The molecule has 4 unspecified atom stereocenters. The first-order chi connectivity index (χ1) is 34.6. The zero-order valence-electron chi connectivity index (χ0n) is 41.3. The number of aliphatic hydroxyl groups excluding tert-OH is 3. The van der Waals surface area contributed by atoms with E-state index < -0.39 is 165 Å². The average molecular weight is 1040 g/mol. The summed E-state index contributed by atoms with van der Waals surface area (Å²) in [5.74, 6) is -13.2. The van der Waals surface area contributed by atoms with Gasteiger partial charge in [0.2, 0.25) is 59.1 Å². The molecule has 9 atom stereocenters. The zero-order chi connectivity index (χ0) is 54.6. The highest BCUT2D eigenvalue weighted by molar-refractivity contribution is 5.99. The molecule has 1 aliphatic heterocycles. The van der Waals surface area contributed by atoms with E-state index in [1.54, 1.807) is 0 Å². The molecular weight excluding hydrogens is 961 g/mol. The fourth-order valence-electron chi connectivity index (χ4n) is 7.71. The number of carboxylic acid groups (broad SMARTS) is 1. The minimum Gasteiger partial charge on any atom is -0.508 e. The SMILES string of the molecule is CCCCCCCCCCCCC1CC(=O)N[C@@H](CC(N)=O)C(=O)NC(Cc2ccc(O)cc2)C(=O)N[C@H](CC(N)=O)C(=O)N[C@@H](CO)C(=O)NC(CCC(=O)O)C(=O)N[C@H](CO)C(=O)NC([C@@H](C)O)C(=O)N1. The van der Waals surface area contributed by atoms with Gasteiger partial charge in [0.15, 0.2) is 0 Å². The van der Waals surface area contributed by atoms with Gasteiger partial charge in [-0.25, -0.2) is 0 Å².